The molecule has 0 radical (unpaired) electrons. The molecule has 1 saturated heterocycles. The summed E-state index contributed by atoms with van der Waals surface area (Å²) >= 11 is 0. The average molecular weight is 423 g/mol. The minimum Gasteiger partial charge on any atom is -0.378 e. The van der Waals surface area contributed by atoms with Gasteiger partial charge >= 0.3 is 0 Å². The Kier molecular flexibility index (Phi) is 6.32. The first-order valence-electron chi connectivity index (χ1n) is 9.99. The summed E-state index contributed by atoms with van der Waals surface area (Å²) < 4.78 is 18.8. The number of amides is 1. The van der Waals surface area contributed by atoms with Gasteiger partial charge in [0.1, 0.15) is 11.5 Å². The van der Waals surface area contributed by atoms with Crippen molar-refractivity contribution in [2.75, 3.05) is 31.2 Å². The highest BCUT2D eigenvalue weighted by Crippen LogP contribution is 2.20. The van der Waals surface area contributed by atoms with Crippen molar-refractivity contribution in [1.29, 1.82) is 0 Å². The summed E-state index contributed by atoms with van der Waals surface area (Å²) in [6.45, 7) is 2.38. The zero-order valence-electron chi connectivity index (χ0n) is 16.8. The van der Waals surface area contributed by atoms with Crippen LogP contribution in [-0.2, 0) is 11.2 Å². The van der Waals surface area contributed by atoms with Gasteiger partial charge in [0.25, 0.3) is 11.5 Å². The number of anilines is 1. The van der Waals surface area contributed by atoms with Crippen molar-refractivity contribution in [2.45, 2.75) is 12.5 Å². The number of aromatic amines is 1. The third-order valence-corrected chi connectivity index (χ3v) is 4.98. The molecule has 1 fully saturated rings. The number of morpholine rings is 1. The molecule has 1 aromatic carbocycles. The highest BCUT2D eigenvalue weighted by molar-refractivity contribution is 5.92. The molecule has 0 spiro atoms. The molecule has 8 nitrogen and oxygen atoms in total. The van der Waals surface area contributed by atoms with Gasteiger partial charge < -0.3 is 15.0 Å². The Hall–Kier alpha value is -3.59. The summed E-state index contributed by atoms with van der Waals surface area (Å²) in [4.78, 5) is 38.4. The number of rotatable bonds is 6. The predicted molar refractivity (Wildman–Crippen MR) is 112 cm³/mol. The minimum atomic E-state index is -0.526. The fourth-order valence-electron chi connectivity index (χ4n) is 3.41. The normalized spacial score (nSPS) is 14.8. The van der Waals surface area contributed by atoms with Gasteiger partial charge in [-0.2, -0.15) is 0 Å². The van der Waals surface area contributed by atoms with Crippen LogP contribution >= 0.6 is 0 Å². The summed E-state index contributed by atoms with van der Waals surface area (Å²) in [5, 5.41) is 2.93. The maximum absolute atomic E-state index is 13.4. The molecule has 0 bridgehead atoms. The Morgan fingerprint density at radius 3 is 2.68 bits per heavy atom. The highest BCUT2D eigenvalue weighted by atomic mass is 19.1. The summed E-state index contributed by atoms with van der Waals surface area (Å²) in [7, 11) is 0. The van der Waals surface area contributed by atoms with Crippen molar-refractivity contribution in [3.8, 4) is 0 Å². The standard InChI is InChI=1S/C22H22FN5O3/c23-16-6-4-15(5-7-16)19(26-21(30)18-3-1-2-8-24-18)13-17-14-20(29)27-22(25-17)28-9-11-31-12-10-28/h1-8,14,19H,9-13H2,(H,26,30)(H,25,27,29)/t19-/m0/s1. The van der Waals surface area contributed by atoms with Crippen molar-refractivity contribution in [3.05, 3.63) is 87.9 Å². The topological polar surface area (TPSA) is 100 Å². The molecule has 1 atom stereocenters. The van der Waals surface area contributed by atoms with E-state index in [1.807, 2.05) is 4.90 Å². The van der Waals surface area contributed by atoms with Gasteiger partial charge in [-0.3, -0.25) is 19.6 Å². The maximum Gasteiger partial charge on any atom is 0.270 e. The number of nitrogens with one attached hydrogen (secondary N) is 2. The maximum atomic E-state index is 13.4. The van der Waals surface area contributed by atoms with Crippen molar-refractivity contribution in [1.82, 2.24) is 20.3 Å². The predicted octanol–water partition coefficient (Wildman–Crippen LogP) is 1.85. The molecule has 3 aromatic rings. The Morgan fingerprint density at radius 2 is 1.97 bits per heavy atom. The van der Waals surface area contributed by atoms with Gasteiger partial charge in [-0.25, -0.2) is 9.37 Å². The molecule has 0 aliphatic carbocycles. The zero-order chi connectivity index (χ0) is 21.6. The molecule has 31 heavy (non-hydrogen) atoms. The van der Waals surface area contributed by atoms with E-state index in [0.717, 1.165) is 0 Å². The number of pyridine rings is 1. The van der Waals surface area contributed by atoms with Crippen LogP contribution in [0.3, 0.4) is 0 Å². The largest absolute Gasteiger partial charge is 0.378 e. The number of carbonyl (C=O) groups is 1. The van der Waals surface area contributed by atoms with E-state index in [1.165, 1.54) is 24.4 Å². The van der Waals surface area contributed by atoms with Gasteiger partial charge in [0.2, 0.25) is 5.95 Å². The molecule has 9 heteroatoms. The van der Waals surface area contributed by atoms with E-state index in [9.17, 15) is 14.0 Å². The van der Waals surface area contributed by atoms with Crippen LogP contribution in [0, 0.1) is 5.82 Å². The van der Waals surface area contributed by atoms with Crippen LogP contribution in [0.2, 0.25) is 0 Å². The van der Waals surface area contributed by atoms with E-state index in [4.69, 9.17) is 4.74 Å². The molecule has 160 valence electrons. The van der Waals surface area contributed by atoms with Crippen molar-refractivity contribution < 1.29 is 13.9 Å². The van der Waals surface area contributed by atoms with Gasteiger partial charge in [0.15, 0.2) is 0 Å². The summed E-state index contributed by atoms with van der Waals surface area (Å²) in [6.07, 6.45) is 1.79. The third kappa shape index (κ3) is 5.32. The molecule has 0 unspecified atom stereocenters. The van der Waals surface area contributed by atoms with E-state index in [-0.39, 0.29) is 29.4 Å². The Labute approximate surface area is 178 Å². The third-order valence-electron chi connectivity index (χ3n) is 4.98. The Bertz CT molecular complexity index is 1080. The van der Waals surface area contributed by atoms with E-state index >= 15 is 0 Å². The molecule has 4 rings (SSSR count). The quantitative estimate of drug-likeness (QED) is 0.628. The molecule has 0 saturated carbocycles. The van der Waals surface area contributed by atoms with Gasteiger partial charge in [0.05, 0.1) is 24.9 Å². The zero-order valence-corrected chi connectivity index (χ0v) is 16.8. The van der Waals surface area contributed by atoms with Gasteiger partial charge in [-0.05, 0) is 29.8 Å². The lowest BCUT2D eigenvalue weighted by molar-refractivity contribution is 0.0931. The average Bonchev–Trinajstić information content (AvgIpc) is 2.80. The molecular formula is C22H22FN5O3. The number of hydrogen-bond acceptors (Lipinski definition) is 6. The van der Waals surface area contributed by atoms with Crippen molar-refractivity contribution in [3.63, 3.8) is 0 Å². The van der Waals surface area contributed by atoms with E-state index < -0.39 is 6.04 Å². The van der Waals surface area contributed by atoms with E-state index in [0.29, 0.717) is 43.5 Å². The number of nitrogens with zero attached hydrogens (tertiary/aromatic N) is 3. The Balaban J connectivity index is 1.61. The molecule has 2 aromatic heterocycles. The van der Waals surface area contributed by atoms with Crippen molar-refractivity contribution in [2.24, 2.45) is 0 Å². The lowest BCUT2D eigenvalue weighted by Crippen LogP contribution is -2.38. The molecule has 1 aliphatic heterocycles. The van der Waals surface area contributed by atoms with E-state index in [2.05, 4.69) is 20.3 Å². The second kappa shape index (κ2) is 9.48. The summed E-state index contributed by atoms with van der Waals surface area (Å²) in [5.74, 6) is -0.268. The molecular weight excluding hydrogens is 401 g/mol. The van der Waals surface area contributed by atoms with Gasteiger partial charge in [0, 0.05) is 31.8 Å². The van der Waals surface area contributed by atoms with Crippen LogP contribution in [0.15, 0.2) is 59.5 Å². The van der Waals surface area contributed by atoms with Crippen LogP contribution in [0.4, 0.5) is 10.3 Å². The van der Waals surface area contributed by atoms with Crippen LogP contribution in [0.1, 0.15) is 27.8 Å². The number of halogens is 1. The summed E-state index contributed by atoms with van der Waals surface area (Å²) in [5.41, 5.74) is 1.20. The lowest BCUT2D eigenvalue weighted by Gasteiger charge is -2.27. The van der Waals surface area contributed by atoms with Gasteiger partial charge in [-0.1, -0.05) is 18.2 Å². The first-order valence-corrected chi connectivity index (χ1v) is 9.99. The number of hydrogen-bond donors (Lipinski definition) is 2. The fraction of sp³-hybridized carbons (Fsp3) is 0.273. The number of carbonyl (C=O) groups excluding carboxylic acids is 1. The highest BCUT2D eigenvalue weighted by Gasteiger charge is 2.20. The molecule has 1 aliphatic rings. The number of benzene rings is 1. The fourth-order valence-corrected chi connectivity index (χ4v) is 3.41. The first-order chi connectivity index (χ1) is 15.1. The van der Waals surface area contributed by atoms with Crippen LogP contribution in [-0.4, -0.2) is 47.2 Å². The van der Waals surface area contributed by atoms with Crippen LogP contribution < -0.4 is 15.8 Å². The molecule has 3 heterocycles. The van der Waals surface area contributed by atoms with Crippen LogP contribution in [0.5, 0.6) is 0 Å². The van der Waals surface area contributed by atoms with Crippen molar-refractivity contribution >= 4 is 11.9 Å². The Morgan fingerprint density at radius 1 is 1.19 bits per heavy atom. The lowest BCUT2D eigenvalue weighted by atomic mass is 10.0. The first kappa shape index (κ1) is 20.7. The number of H-pyrrole nitrogens is 1. The molecule has 2 N–H and O–H groups in total. The minimum absolute atomic E-state index is 0.255. The smallest absolute Gasteiger partial charge is 0.270 e. The second-order valence-corrected chi connectivity index (χ2v) is 7.16. The second-order valence-electron chi connectivity index (χ2n) is 7.16. The molecule has 1 amide bonds. The SMILES string of the molecule is O=C(N[C@@H](Cc1cc(=O)[nH]c(N2CCOCC2)n1)c1ccc(F)cc1)c1ccccn1. The van der Waals surface area contributed by atoms with E-state index in [1.54, 1.807) is 30.3 Å². The number of ether oxygens (including phenoxy) is 1. The monoisotopic (exact) mass is 423 g/mol. The van der Waals surface area contributed by atoms with Gasteiger partial charge in [-0.15, -0.1) is 0 Å². The summed E-state index contributed by atoms with van der Waals surface area (Å²) in [6, 6.07) is 11.8. The van der Waals surface area contributed by atoms with Crippen LogP contribution in [0.25, 0.3) is 0 Å². The number of aromatic nitrogens is 3.